The lowest BCUT2D eigenvalue weighted by atomic mass is 10.2. The fourth-order valence-corrected chi connectivity index (χ4v) is 2.61. The zero-order valence-electron chi connectivity index (χ0n) is 13.9. The van der Waals surface area contributed by atoms with Gasteiger partial charge in [-0.1, -0.05) is 6.07 Å². The van der Waals surface area contributed by atoms with E-state index in [9.17, 15) is 14.4 Å². The average Bonchev–Trinajstić information content (AvgIpc) is 3.23. The number of aromatic carboxylic acids is 1. The molecule has 27 heavy (non-hydrogen) atoms. The Kier molecular flexibility index (Phi) is 3.69. The van der Waals surface area contributed by atoms with E-state index in [4.69, 9.17) is 9.52 Å². The number of aromatic nitrogens is 5. The second kappa shape index (κ2) is 6.05. The Bertz CT molecular complexity index is 1270. The van der Waals surface area contributed by atoms with Crippen molar-refractivity contribution in [3.63, 3.8) is 0 Å². The van der Waals surface area contributed by atoms with Crippen molar-refractivity contribution in [2.45, 2.75) is 6.54 Å². The maximum absolute atomic E-state index is 12.5. The largest absolute Gasteiger partial charge is 0.475 e. The van der Waals surface area contributed by atoms with Gasteiger partial charge in [0.25, 0.3) is 5.91 Å². The molecule has 0 aliphatic carbocycles. The van der Waals surface area contributed by atoms with Crippen molar-refractivity contribution in [2.75, 3.05) is 0 Å². The quantitative estimate of drug-likeness (QED) is 0.519. The van der Waals surface area contributed by atoms with Gasteiger partial charge in [-0.2, -0.15) is 14.6 Å². The number of fused-ring (bicyclic) bond motifs is 2. The summed E-state index contributed by atoms with van der Waals surface area (Å²) in [4.78, 5) is 42.8. The van der Waals surface area contributed by atoms with Gasteiger partial charge in [-0.05, 0) is 17.7 Å². The molecule has 0 aliphatic rings. The number of aryl methyl sites for hydroxylation is 1. The summed E-state index contributed by atoms with van der Waals surface area (Å²) in [5, 5.41) is 15.7. The van der Waals surface area contributed by atoms with Crippen molar-refractivity contribution < 1.29 is 19.1 Å². The molecule has 0 radical (unpaired) electrons. The van der Waals surface area contributed by atoms with Crippen molar-refractivity contribution in [3.05, 3.63) is 58.2 Å². The number of carboxylic acid groups (broad SMARTS) is 1. The van der Waals surface area contributed by atoms with E-state index in [-0.39, 0.29) is 18.0 Å². The van der Waals surface area contributed by atoms with Gasteiger partial charge in [0, 0.05) is 19.7 Å². The Morgan fingerprint density at radius 1 is 1.26 bits per heavy atom. The second-order valence-corrected chi connectivity index (χ2v) is 5.69. The molecule has 0 saturated carbocycles. The second-order valence-electron chi connectivity index (χ2n) is 5.69. The molecule has 11 heteroatoms. The first kappa shape index (κ1) is 16.4. The molecule has 11 nitrogen and oxygen atoms in total. The van der Waals surface area contributed by atoms with E-state index in [2.05, 4.69) is 20.4 Å². The Morgan fingerprint density at radius 3 is 2.85 bits per heavy atom. The molecule has 2 N–H and O–H groups in total. The lowest BCUT2D eigenvalue weighted by molar-refractivity contribution is 0.0683. The van der Waals surface area contributed by atoms with Crippen LogP contribution in [-0.2, 0) is 13.6 Å². The Labute approximate surface area is 149 Å². The van der Waals surface area contributed by atoms with Crippen LogP contribution in [0.4, 0.5) is 0 Å². The van der Waals surface area contributed by atoms with Gasteiger partial charge in [0.1, 0.15) is 0 Å². The predicted octanol–water partition coefficient (Wildman–Crippen LogP) is 0.197. The minimum absolute atomic E-state index is 0.128. The molecule has 0 atom stereocenters. The number of hydrogen-bond acceptors (Lipinski definition) is 7. The predicted molar refractivity (Wildman–Crippen MR) is 90.4 cm³/mol. The van der Waals surface area contributed by atoms with Gasteiger partial charge in [0.2, 0.25) is 11.6 Å². The topological polar surface area (TPSA) is 145 Å². The number of carbonyl (C=O) groups is 2. The molecule has 0 aliphatic heterocycles. The average molecular weight is 368 g/mol. The summed E-state index contributed by atoms with van der Waals surface area (Å²) in [7, 11) is 1.58. The van der Waals surface area contributed by atoms with Gasteiger partial charge in [-0.3, -0.25) is 9.36 Å². The minimum Gasteiger partial charge on any atom is -0.475 e. The molecule has 0 saturated heterocycles. The van der Waals surface area contributed by atoms with Crippen LogP contribution in [0, 0.1) is 0 Å². The summed E-state index contributed by atoms with van der Waals surface area (Å²) in [6.07, 6.45) is 1.39. The number of nitrogens with zero attached hydrogens (tertiary/aromatic N) is 5. The molecule has 0 bridgehead atoms. The van der Waals surface area contributed by atoms with E-state index in [1.54, 1.807) is 25.2 Å². The number of benzene rings is 1. The van der Waals surface area contributed by atoms with E-state index in [0.29, 0.717) is 11.1 Å². The van der Waals surface area contributed by atoms with E-state index in [1.165, 1.54) is 16.8 Å². The van der Waals surface area contributed by atoms with Gasteiger partial charge in [0.15, 0.2) is 11.2 Å². The highest BCUT2D eigenvalue weighted by Crippen LogP contribution is 2.14. The fraction of sp³-hybridized carbons (Fsp3) is 0.125. The zero-order chi connectivity index (χ0) is 19.1. The number of oxazole rings is 1. The Morgan fingerprint density at radius 2 is 2.07 bits per heavy atom. The van der Waals surface area contributed by atoms with E-state index in [0.717, 1.165) is 10.1 Å². The summed E-state index contributed by atoms with van der Waals surface area (Å²) in [6, 6.07) is 6.53. The van der Waals surface area contributed by atoms with Crippen molar-refractivity contribution in [1.82, 2.24) is 29.5 Å². The Balaban J connectivity index is 1.62. The van der Waals surface area contributed by atoms with Crippen LogP contribution in [0.1, 0.15) is 26.8 Å². The number of carbonyl (C=O) groups excluding carboxylic acids is 1. The number of carboxylic acids is 1. The summed E-state index contributed by atoms with van der Waals surface area (Å²) in [5.41, 5.74) is 1.95. The molecular formula is C16H12N6O5. The third-order valence-electron chi connectivity index (χ3n) is 3.96. The number of amides is 1. The van der Waals surface area contributed by atoms with Gasteiger partial charge in [-0.25, -0.2) is 14.6 Å². The fourth-order valence-electron chi connectivity index (χ4n) is 2.61. The lowest BCUT2D eigenvalue weighted by Gasteiger charge is -2.07. The van der Waals surface area contributed by atoms with E-state index in [1.807, 2.05) is 0 Å². The van der Waals surface area contributed by atoms with Crippen molar-refractivity contribution in [1.29, 1.82) is 0 Å². The summed E-state index contributed by atoms with van der Waals surface area (Å²) < 4.78 is 7.58. The minimum atomic E-state index is -1.35. The normalized spacial score (nSPS) is 11.1. The van der Waals surface area contributed by atoms with Crippen LogP contribution >= 0.6 is 0 Å². The molecule has 3 heterocycles. The third-order valence-corrected chi connectivity index (χ3v) is 3.96. The first-order valence-electron chi connectivity index (χ1n) is 7.76. The monoisotopic (exact) mass is 368 g/mol. The van der Waals surface area contributed by atoms with Crippen LogP contribution < -0.4 is 11.1 Å². The van der Waals surface area contributed by atoms with E-state index < -0.39 is 23.5 Å². The van der Waals surface area contributed by atoms with Gasteiger partial charge >= 0.3 is 11.7 Å². The third kappa shape index (κ3) is 2.80. The zero-order valence-corrected chi connectivity index (χ0v) is 13.9. The Hall–Kier alpha value is -4.02. The smallest absolute Gasteiger partial charge is 0.419 e. The maximum atomic E-state index is 12.5. The summed E-state index contributed by atoms with van der Waals surface area (Å²) in [6.45, 7) is 0.128. The molecule has 0 spiro atoms. The number of nitrogens with one attached hydrogen (secondary N) is 1. The van der Waals surface area contributed by atoms with Crippen molar-refractivity contribution in [3.8, 4) is 0 Å². The van der Waals surface area contributed by atoms with Crippen LogP contribution in [-0.4, -0.2) is 41.1 Å². The van der Waals surface area contributed by atoms with Crippen LogP contribution in [0.15, 0.2) is 39.7 Å². The first-order chi connectivity index (χ1) is 12.9. The van der Waals surface area contributed by atoms with Gasteiger partial charge in [-0.15, -0.1) is 0 Å². The van der Waals surface area contributed by atoms with Crippen LogP contribution in [0.2, 0.25) is 0 Å². The van der Waals surface area contributed by atoms with Crippen molar-refractivity contribution in [2.24, 2.45) is 7.05 Å². The van der Waals surface area contributed by atoms with Crippen LogP contribution in [0.5, 0.6) is 0 Å². The van der Waals surface area contributed by atoms with Crippen LogP contribution in [0.3, 0.4) is 0 Å². The molecule has 136 valence electrons. The first-order valence-corrected chi connectivity index (χ1v) is 7.76. The molecule has 0 unspecified atom stereocenters. The highest BCUT2D eigenvalue weighted by Gasteiger charge is 2.19. The molecule has 4 aromatic rings. The highest BCUT2D eigenvalue weighted by molar-refractivity contribution is 5.93. The number of hydrogen-bond donors (Lipinski definition) is 2. The molecule has 3 aromatic heterocycles. The summed E-state index contributed by atoms with van der Waals surface area (Å²) >= 11 is 0. The van der Waals surface area contributed by atoms with Gasteiger partial charge in [0.05, 0.1) is 11.7 Å². The van der Waals surface area contributed by atoms with Crippen LogP contribution in [0.25, 0.3) is 16.7 Å². The molecule has 1 aromatic carbocycles. The van der Waals surface area contributed by atoms with E-state index >= 15 is 0 Å². The number of rotatable bonds is 4. The summed E-state index contributed by atoms with van der Waals surface area (Å²) in [5.74, 6) is -3.13. The molecule has 4 rings (SSSR count). The standard InChI is InChI=1S/C16H12N6O5/c1-21-9-6-8(2-3-10(9)27-16(21)26)7-17-14(23)13-20-12(15(24)25)19-11-4-5-18-22(11)13/h2-6H,7H2,1H3,(H,17,23)(H,24,25). The molecule has 1 amide bonds. The lowest BCUT2D eigenvalue weighted by Crippen LogP contribution is -2.28. The molecule has 0 fully saturated rings. The maximum Gasteiger partial charge on any atom is 0.419 e. The highest BCUT2D eigenvalue weighted by atomic mass is 16.4. The molecular weight excluding hydrogens is 356 g/mol. The van der Waals surface area contributed by atoms with Gasteiger partial charge < -0.3 is 14.8 Å². The van der Waals surface area contributed by atoms with Crippen molar-refractivity contribution >= 4 is 28.6 Å². The SMILES string of the molecule is Cn1c(=O)oc2ccc(CNC(=O)c3nc(C(=O)O)nc4ccnn34)cc21.